The number of nitrogens with zero attached hydrogens (tertiary/aromatic N) is 6. The van der Waals surface area contributed by atoms with Crippen LogP contribution in [0.1, 0.15) is 25.0 Å². The number of thiophene rings is 4. The average Bonchev–Trinajstić information content (AvgIpc) is 1.59. The summed E-state index contributed by atoms with van der Waals surface area (Å²) in [6.07, 6.45) is 0. The summed E-state index contributed by atoms with van der Waals surface area (Å²) < 4.78 is 10.1. The van der Waals surface area contributed by atoms with Crippen LogP contribution >= 0.6 is 45.3 Å². The number of anilines is 18. The molecule has 4 heterocycles. The number of fused-ring (bicyclic) bond motifs is 15. The molecule has 0 atom stereocenters. The van der Waals surface area contributed by atoms with Gasteiger partial charge in [0.1, 0.15) is 0 Å². The fourth-order valence-electron chi connectivity index (χ4n) is 21.4. The monoisotopic (exact) mass is 1930 g/mol. The van der Waals surface area contributed by atoms with Gasteiger partial charge in [-0.1, -0.05) is 305 Å². The molecule has 0 unspecified atom stereocenters. The molecule has 0 saturated carbocycles. The molecule has 0 amide bonds. The zero-order valence-electron chi connectivity index (χ0n) is 79.6. The lowest BCUT2D eigenvalue weighted by Crippen LogP contribution is -2.15. The van der Waals surface area contributed by atoms with Crippen molar-refractivity contribution in [2.24, 2.45) is 0 Å². The first-order chi connectivity index (χ1) is 71.6. The molecule has 0 spiro atoms. The number of benzene rings is 22. The Morgan fingerprint density at radius 3 is 0.586 bits per heavy atom. The largest absolute Gasteiger partial charge is 0.310 e. The first-order valence-corrected chi connectivity index (χ1v) is 52.6. The highest BCUT2D eigenvalue weighted by Gasteiger charge is 2.36. The Balaban J connectivity index is 0.000000148. The molecule has 0 radical (unpaired) electrons. The van der Waals surface area contributed by atoms with Crippen LogP contribution in [0.5, 0.6) is 0 Å². The van der Waals surface area contributed by atoms with Crippen LogP contribution in [0.3, 0.4) is 0 Å². The first-order valence-electron chi connectivity index (χ1n) is 49.3. The van der Waals surface area contributed by atoms with Gasteiger partial charge in [-0.2, -0.15) is 0 Å². The number of hydrogen-bond acceptors (Lipinski definition) is 10. The van der Waals surface area contributed by atoms with E-state index in [9.17, 15) is 0 Å². The summed E-state index contributed by atoms with van der Waals surface area (Å²) in [5.74, 6) is 0. The van der Waals surface area contributed by atoms with Gasteiger partial charge in [-0.15, -0.1) is 45.3 Å². The smallest absolute Gasteiger partial charge is 0.0476 e. The lowest BCUT2D eigenvalue weighted by atomic mass is 9.82. The van der Waals surface area contributed by atoms with E-state index in [1.54, 1.807) is 0 Å². The molecule has 0 N–H and O–H groups in total. The van der Waals surface area contributed by atoms with Gasteiger partial charge in [0.05, 0.1) is 0 Å². The second kappa shape index (κ2) is 37.5. The van der Waals surface area contributed by atoms with Crippen molar-refractivity contribution in [1.82, 2.24) is 0 Å². The van der Waals surface area contributed by atoms with Gasteiger partial charge in [-0.05, 0) is 298 Å². The van der Waals surface area contributed by atoms with E-state index in [1.807, 2.05) is 45.3 Å². The number of hydrogen-bond donors (Lipinski definition) is 0. The van der Waals surface area contributed by atoms with Gasteiger partial charge in [0.15, 0.2) is 0 Å². The molecule has 1 aliphatic rings. The van der Waals surface area contributed by atoms with Crippen molar-refractivity contribution in [2.75, 3.05) is 29.4 Å². The number of rotatable bonds is 21. The van der Waals surface area contributed by atoms with Crippen molar-refractivity contribution in [3.63, 3.8) is 0 Å². The van der Waals surface area contributed by atoms with Crippen LogP contribution in [0.15, 0.2) is 534 Å². The minimum atomic E-state index is -0.0687. The third-order valence-corrected chi connectivity index (χ3v) is 33.0. The quantitative estimate of drug-likeness (QED) is 0.0709. The Morgan fingerprint density at radius 1 is 0.131 bits per heavy atom. The summed E-state index contributed by atoms with van der Waals surface area (Å²) in [6.45, 7) is 4.70. The molecule has 145 heavy (non-hydrogen) atoms. The van der Waals surface area contributed by atoms with Crippen molar-refractivity contribution >= 4 is 228 Å². The normalized spacial score (nSPS) is 12.0. The van der Waals surface area contributed by atoms with E-state index in [1.165, 1.54) is 136 Å². The summed E-state index contributed by atoms with van der Waals surface area (Å²) in [5.41, 5.74) is 32.8. The topological polar surface area (TPSA) is 19.4 Å². The molecule has 0 saturated heterocycles. The SMILES string of the molecule is CC1(C)c2ccccc2-c2cc(N(c3ccc(-c4ccccc4)cc3)c3ccc4sc5cc(N(c6ccccc6)c6ccc7c(c6)sc6ccc(N(c8ccccc8)c8ccccc8)cc67)ccc5c4c3)ccc21.c1ccc(-c2ccc(N(c3ccc4c(c3)sc3ccc(N(c5ccccc5)c5ccccc5)cc34)c3ccc4c(c3)sc3ccc(N(c5ccccc5)c5ccc(-c6ccccc6)cc5)cc34)cc2)cc1. The molecule has 26 aromatic rings. The summed E-state index contributed by atoms with van der Waals surface area (Å²) >= 11 is 7.43. The van der Waals surface area contributed by atoms with Crippen molar-refractivity contribution < 1.29 is 0 Å². The van der Waals surface area contributed by atoms with Gasteiger partial charge >= 0.3 is 0 Å². The third kappa shape index (κ3) is 16.5. The first kappa shape index (κ1) is 87.7. The molecule has 6 nitrogen and oxygen atoms in total. The Morgan fingerprint density at radius 2 is 0.317 bits per heavy atom. The van der Waals surface area contributed by atoms with Gasteiger partial charge in [0.2, 0.25) is 0 Å². The molecule has 0 fully saturated rings. The highest BCUT2D eigenvalue weighted by molar-refractivity contribution is 7.27. The van der Waals surface area contributed by atoms with Crippen LogP contribution in [-0.4, -0.2) is 0 Å². The van der Waals surface area contributed by atoms with Crippen LogP contribution in [0.4, 0.5) is 102 Å². The second-order valence-corrected chi connectivity index (χ2v) is 41.9. The van der Waals surface area contributed by atoms with E-state index in [2.05, 4.69) is 577 Å². The summed E-state index contributed by atoms with van der Waals surface area (Å²) in [6, 6.07) is 195. The summed E-state index contributed by atoms with van der Waals surface area (Å²) in [4.78, 5) is 14.3. The molecule has 4 aromatic heterocycles. The Labute approximate surface area is 859 Å². The summed E-state index contributed by atoms with van der Waals surface area (Å²) in [5, 5.41) is 10.0. The second-order valence-electron chi connectivity index (χ2n) is 37.5. The van der Waals surface area contributed by atoms with E-state index >= 15 is 0 Å². The van der Waals surface area contributed by atoms with Crippen molar-refractivity contribution in [3.05, 3.63) is 545 Å². The standard InChI is InChI=1S/C69H49N3S2.C66H45N3S2/c1-69(2)63-26-16-15-25-57(63)60-41-52(33-38-64(60)69)72(51-29-27-47(28-30-51)46-17-7-3-8-18-46)54-35-40-66-62(43-54)59-37-32-56(45-68(59)74-66)71(50-23-13-6-14-24-50)55-31-36-58-61-42-53(34-39-65(61)73-67(58)44-55)70(48-19-9-4-10-20-48)49-21-11-5-12-22-49;1-6-16-46(17-7-1)48-26-30-53(31-27-48)68(52-24-14-5-15-25-52)56-37-41-64-62(43-56)60-39-35-58(45-66(60)71-64)69(54-32-28-49(29-33-54)47-18-8-2-9-19-47)57-34-38-59-61-42-55(36-40-63(61)70-65(59)44-57)67(50-20-10-3-11-21-50)51-22-12-4-13-23-51/h3-45H,1-2H3;1-45H. The van der Waals surface area contributed by atoms with E-state index < -0.39 is 0 Å². The highest BCUT2D eigenvalue weighted by Crippen LogP contribution is 2.55. The molecule has 22 aromatic carbocycles. The van der Waals surface area contributed by atoms with Crippen LogP contribution in [0.25, 0.3) is 125 Å². The average molecular weight is 1930 g/mol. The van der Waals surface area contributed by atoms with Gasteiger partial charge in [0.25, 0.3) is 0 Å². The highest BCUT2D eigenvalue weighted by atomic mass is 32.1. The number of para-hydroxylation sites is 6. The third-order valence-electron chi connectivity index (χ3n) is 28.4. The lowest BCUT2D eigenvalue weighted by Gasteiger charge is -2.27. The maximum atomic E-state index is 2.44. The minimum Gasteiger partial charge on any atom is -0.310 e. The molecule has 10 heteroatoms. The van der Waals surface area contributed by atoms with Gasteiger partial charge in [-0.25, -0.2) is 0 Å². The van der Waals surface area contributed by atoms with Crippen molar-refractivity contribution in [3.8, 4) is 44.5 Å². The van der Waals surface area contributed by atoms with Gasteiger partial charge < -0.3 is 29.4 Å². The molecule has 27 rings (SSSR count). The van der Waals surface area contributed by atoms with E-state index in [0.717, 1.165) is 102 Å². The van der Waals surface area contributed by atoms with Gasteiger partial charge in [-0.3, -0.25) is 0 Å². The molecular weight excluding hydrogens is 1830 g/mol. The van der Waals surface area contributed by atoms with Gasteiger partial charge in [0, 0.05) is 188 Å². The Kier molecular flexibility index (Phi) is 22.7. The fraction of sp³-hybridized carbons (Fsp3) is 0.0222. The van der Waals surface area contributed by atoms with E-state index in [0.29, 0.717) is 0 Å². The predicted octanol–water partition coefficient (Wildman–Crippen LogP) is 41.0. The van der Waals surface area contributed by atoms with Crippen LogP contribution in [-0.2, 0) is 5.41 Å². The molecular formula is C135H94N6S4. The fourth-order valence-corrected chi connectivity index (χ4v) is 25.9. The predicted molar refractivity (Wildman–Crippen MR) is 626 cm³/mol. The Hall–Kier alpha value is -17.5. The van der Waals surface area contributed by atoms with Crippen LogP contribution in [0.2, 0.25) is 0 Å². The summed E-state index contributed by atoms with van der Waals surface area (Å²) in [7, 11) is 0. The van der Waals surface area contributed by atoms with E-state index in [4.69, 9.17) is 0 Å². The van der Waals surface area contributed by atoms with E-state index in [-0.39, 0.29) is 5.41 Å². The maximum Gasteiger partial charge on any atom is 0.0476 e. The van der Waals surface area contributed by atoms with Crippen LogP contribution in [0, 0.1) is 0 Å². The lowest BCUT2D eigenvalue weighted by molar-refractivity contribution is 0.660. The maximum absolute atomic E-state index is 2.44. The molecule has 688 valence electrons. The minimum absolute atomic E-state index is 0.0687. The molecule has 0 aliphatic heterocycles. The van der Waals surface area contributed by atoms with Crippen molar-refractivity contribution in [1.29, 1.82) is 0 Å². The van der Waals surface area contributed by atoms with Crippen LogP contribution < -0.4 is 29.4 Å². The molecule has 0 bridgehead atoms. The zero-order valence-corrected chi connectivity index (χ0v) is 82.9. The molecule has 1 aliphatic carbocycles. The van der Waals surface area contributed by atoms with Crippen molar-refractivity contribution in [2.45, 2.75) is 19.3 Å². The Bertz CT molecular complexity index is 9190. The zero-order chi connectivity index (χ0) is 96.4.